The molecule has 22 heavy (non-hydrogen) atoms. The van der Waals surface area contributed by atoms with Crippen molar-refractivity contribution >= 4 is 19.6 Å². The normalized spacial score (nSPS) is 24.0. The largest absolute Gasteiger partial charge is 0.502 e. The van der Waals surface area contributed by atoms with Crippen molar-refractivity contribution in [1.29, 1.82) is 0 Å². The summed E-state index contributed by atoms with van der Waals surface area (Å²) in [5, 5.41) is 2.61. The molecule has 1 aliphatic heterocycles. The first kappa shape index (κ1) is 17.4. The van der Waals surface area contributed by atoms with Crippen LogP contribution in [0, 0.1) is 0 Å². The first-order valence-corrected chi connectivity index (χ1v) is 9.68. The molecule has 0 radical (unpaired) electrons. The SMILES string of the molecule is CCC1(OC)CCC[Si](OC)(OC)O1.c1cc2ccc1cc2. The van der Waals surface area contributed by atoms with E-state index in [2.05, 4.69) is 43.3 Å². The van der Waals surface area contributed by atoms with Gasteiger partial charge in [-0.25, -0.2) is 0 Å². The zero-order valence-electron chi connectivity index (χ0n) is 13.9. The molecule has 0 aliphatic carbocycles. The van der Waals surface area contributed by atoms with Crippen molar-refractivity contribution in [3.05, 3.63) is 36.4 Å². The van der Waals surface area contributed by atoms with Crippen LogP contribution in [0.25, 0.3) is 10.8 Å². The number of hydrogen-bond acceptors (Lipinski definition) is 4. The Hall–Kier alpha value is -0.983. The molecule has 3 aromatic carbocycles. The monoisotopic (exact) mass is 322 g/mol. The predicted octanol–water partition coefficient (Wildman–Crippen LogP) is 4.06. The van der Waals surface area contributed by atoms with E-state index in [0.717, 1.165) is 25.3 Å². The summed E-state index contributed by atoms with van der Waals surface area (Å²) in [5.41, 5.74) is 0. The van der Waals surface area contributed by atoms with Crippen LogP contribution in [0.4, 0.5) is 0 Å². The minimum atomic E-state index is -2.43. The van der Waals surface area contributed by atoms with Crippen molar-refractivity contribution in [3.63, 3.8) is 0 Å². The molecule has 4 rings (SSSR count). The summed E-state index contributed by atoms with van der Waals surface area (Å²) in [4.78, 5) is 0. The zero-order valence-corrected chi connectivity index (χ0v) is 14.9. The molecular formula is C17H26O4Si. The van der Waals surface area contributed by atoms with Gasteiger partial charge < -0.3 is 18.0 Å². The summed E-state index contributed by atoms with van der Waals surface area (Å²) in [7, 11) is 2.55. The van der Waals surface area contributed by atoms with Gasteiger partial charge in [0.25, 0.3) is 0 Å². The van der Waals surface area contributed by atoms with Gasteiger partial charge in [-0.3, -0.25) is 0 Å². The Bertz CT molecular complexity index is 456. The van der Waals surface area contributed by atoms with Gasteiger partial charge in [0, 0.05) is 33.8 Å². The standard InChI is InChI=1S/C9H20O4Si.C8H6/c1-5-9(10-2)7-6-8-14(11-3,12-4)13-9;1-2-8-5-3-7(1)4-6-8/h5-8H2,1-4H3;1-6H. The molecule has 1 heterocycles. The molecule has 2 bridgehead atoms. The first-order valence-electron chi connectivity index (χ1n) is 7.75. The molecule has 0 amide bonds. The van der Waals surface area contributed by atoms with E-state index in [1.165, 1.54) is 10.8 Å². The van der Waals surface area contributed by atoms with Gasteiger partial charge in [-0.15, -0.1) is 0 Å². The van der Waals surface area contributed by atoms with Crippen molar-refractivity contribution < 1.29 is 18.0 Å². The third-order valence-electron chi connectivity index (χ3n) is 4.32. The summed E-state index contributed by atoms with van der Waals surface area (Å²) in [5.74, 6) is -0.490. The van der Waals surface area contributed by atoms with Crippen LogP contribution < -0.4 is 0 Å². The number of ether oxygens (including phenoxy) is 1. The van der Waals surface area contributed by atoms with Crippen molar-refractivity contribution in [2.45, 2.75) is 38.0 Å². The molecule has 4 nitrogen and oxygen atoms in total. The van der Waals surface area contributed by atoms with Crippen molar-refractivity contribution in [1.82, 2.24) is 0 Å². The van der Waals surface area contributed by atoms with Crippen LogP contribution in [0.15, 0.2) is 36.4 Å². The average Bonchev–Trinajstić information content (AvgIpc) is 2.63. The topological polar surface area (TPSA) is 36.9 Å². The molecule has 0 spiro atoms. The lowest BCUT2D eigenvalue weighted by Crippen LogP contribution is -2.55. The Morgan fingerprint density at radius 3 is 1.82 bits per heavy atom. The summed E-state index contributed by atoms with van der Waals surface area (Å²) in [6.07, 6.45) is 2.78. The molecule has 1 fully saturated rings. The van der Waals surface area contributed by atoms with Gasteiger partial charge >= 0.3 is 8.80 Å². The summed E-state index contributed by atoms with van der Waals surface area (Å²) in [6, 6.07) is 13.6. The second-order valence-electron chi connectivity index (χ2n) is 5.52. The van der Waals surface area contributed by atoms with Crippen molar-refractivity contribution in [3.8, 4) is 0 Å². The Kier molecular flexibility index (Phi) is 5.94. The average molecular weight is 322 g/mol. The molecule has 0 N–H and O–H groups in total. The lowest BCUT2D eigenvalue weighted by molar-refractivity contribution is -0.208. The van der Waals surface area contributed by atoms with Gasteiger partial charge in [0.2, 0.25) is 0 Å². The summed E-state index contributed by atoms with van der Waals surface area (Å²) in [6.45, 7) is 2.05. The van der Waals surface area contributed by atoms with Gasteiger partial charge in [-0.2, -0.15) is 0 Å². The molecular weight excluding hydrogens is 296 g/mol. The zero-order chi connectivity index (χ0) is 16.1. The highest BCUT2D eigenvalue weighted by molar-refractivity contribution is 6.60. The smallest absolute Gasteiger partial charge is 0.377 e. The Morgan fingerprint density at radius 2 is 1.50 bits per heavy atom. The minimum absolute atomic E-state index is 0.490. The van der Waals surface area contributed by atoms with E-state index in [0.29, 0.717) is 0 Å². The number of hydrogen-bond donors (Lipinski definition) is 0. The summed E-state index contributed by atoms with van der Waals surface area (Å²) >= 11 is 0. The molecule has 3 aromatic rings. The predicted molar refractivity (Wildman–Crippen MR) is 90.1 cm³/mol. The van der Waals surface area contributed by atoms with E-state index >= 15 is 0 Å². The highest BCUT2D eigenvalue weighted by Crippen LogP contribution is 2.36. The highest BCUT2D eigenvalue weighted by atomic mass is 28.4. The molecule has 1 aliphatic rings. The van der Waals surface area contributed by atoms with Crippen molar-refractivity contribution in [2.24, 2.45) is 0 Å². The maximum Gasteiger partial charge on any atom is 0.502 e. The fraction of sp³-hybridized carbons (Fsp3) is 0.529. The lowest BCUT2D eigenvalue weighted by Gasteiger charge is -2.42. The second-order valence-corrected chi connectivity index (χ2v) is 8.40. The lowest BCUT2D eigenvalue weighted by atomic mass is 10.1. The Morgan fingerprint density at radius 1 is 1.00 bits per heavy atom. The van der Waals surface area contributed by atoms with Gasteiger partial charge in [0.1, 0.15) is 0 Å². The third kappa shape index (κ3) is 3.85. The second kappa shape index (κ2) is 7.52. The number of benzene rings is 3. The van der Waals surface area contributed by atoms with Gasteiger partial charge in [-0.05, 0) is 23.6 Å². The number of methoxy groups -OCH3 is 1. The highest BCUT2D eigenvalue weighted by Gasteiger charge is 2.50. The fourth-order valence-corrected chi connectivity index (χ4v) is 5.13. The van der Waals surface area contributed by atoms with E-state index < -0.39 is 14.6 Å². The van der Waals surface area contributed by atoms with E-state index in [9.17, 15) is 0 Å². The van der Waals surface area contributed by atoms with Crippen LogP contribution in [0.5, 0.6) is 0 Å². The van der Waals surface area contributed by atoms with Gasteiger partial charge in [-0.1, -0.05) is 43.3 Å². The Balaban J connectivity index is 0.000000183. The molecule has 1 saturated heterocycles. The fourth-order valence-electron chi connectivity index (χ4n) is 2.78. The van der Waals surface area contributed by atoms with Crippen molar-refractivity contribution in [2.75, 3.05) is 21.3 Å². The van der Waals surface area contributed by atoms with Gasteiger partial charge in [0.15, 0.2) is 5.79 Å². The quantitative estimate of drug-likeness (QED) is 0.796. The molecule has 122 valence electrons. The van der Waals surface area contributed by atoms with E-state index in [1.807, 2.05) is 0 Å². The van der Waals surface area contributed by atoms with Crippen LogP contribution in [-0.4, -0.2) is 35.9 Å². The molecule has 5 heteroatoms. The van der Waals surface area contributed by atoms with Crippen LogP contribution in [0.3, 0.4) is 0 Å². The van der Waals surface area contributed by atoms with Crippen LogP contribution in [0.1, 0.15) is 26.2 Å². The minimum Gasteiger partial charge on any atom is -0.377 e. The maximum absolute atomic E-state index is 5.93. The third-order valence-corrected chi connectivity index (χ3v) is 7.21. The van der Waals surface area contributed by atoms with Gasteiger partial charge in [0.05, 0.1) is 0 Å². The number of fused-ring (bicyclic) bond motifs is 3. The van der Waals surface area contributed by atoms with Crippen LogP contribution in [0.2, 0.25) is 6.04 Å². The molecule has 0 aromatic heterocycles. The van der Waals surface area contributed by atoms with E-state index in [1.54, 1.807) is 21.3 Å². The van der Waals surface area contributed by atoms with E-state index in [-0.39, 0.29) is 0 Å². The van der Waals surface area contributed by atoms with Crippen LogP contribution in [-0.2, 0) is 18.0 Å². The Labute approximate surface area is 134 Å². The molecule has 1 unspecified atom stereocenters. The first-order chi connectivity index (χ1) is 10.6. The van der Waals surface area contributed by atoms with E-state index in [4.69, 9.17) is 18.0 Å². The molecule has 1 atom stereocenters. The van der Waals surface area contributed by atoms with Crippen LogP contribution >= 0.6 is 0 Å². The summed E-state index contributed by atoms with van der Waals surface area (Å²) < 4.78 is 22.2. The maximum atomic E-state index is 5.93. The molecule has 0 saturated carbocycles. The number of rotatable bonds is 4.